The molecule has 1 saturated heterocycles. The number of hydrogen-bond donors (Lipinski definition) is 1. The molecule has 0 saturated carbocycles. The molecule has 2 heterocycles. The number of nitrogens with zero attached hydrogens (tertiary/aromatic N) is 1. The Morgan fingerprint density at radius 2 is 2.53 bits per heavy atom. The second-order valence-corrected chi connectivity index (χ2v) is 5.68. The van der Waals surface area contributed by atoms with E-state index in [0.29, 0.717) is 9.50 Å². The first kappa shape index (κ1) is 12.9. The maximum absolute atomic E-state index is 11.1. The summed E-state index contributed by atoms with van der Waals surface area (Å²) in [5.41, 5.74) is 0.238. The number of pyridine rings is 1. The van der Waals surface area contributed by atoms with Crippen LogP contribution < -0.4 is 0 Å². The van der Waals surface area contributed by atoms with Gasteiger partial charge in [0.1, 0.15) is 5.03 Å². The van der Waals surface area contributed by atoms with Crippen LogP contribution in [0.4, 0.5) is 0 Å². The summed E-state index contributed by atoms with van der Waals surface area (Å²) in [6, 6.07) is 1.58. The summed E-state index contributed by atoms with van der Waals surface area (Å²) in [5, 5.41) is 9.63. The average Bonchev–Trinajstić information content (AvgIpc) is 2.80. The second-order valence-electron chi connectivity index (χ2n) is 3.76. The fraction of sp³-hybridized carbons (Fsp3) is 0.455. The molecule has 1 aromatic heterocycles. The monoisotopic (exact) mass is 317 g/mol. The highest BCUT2D eigenvalue weighted by atomic mass is 79.9. The zero-order valence-electron chi connectivity index (χ0n) is 9.06. The molecule has 4 nitrogen and oxygen atoms in total. The van der Waals surface area contributed by atoms with Crippen molar-refractivity contribution in [3.05, 3.63) is 22.3 Å². The van der Waals surface area contributed by atoms with E-state index in [9.17, 15) is 4.79 Å². The minimum absolute atomic E-state index is 0.229. The lowest BCUT2D eigenvalue weighted by Crippen LogP contribution is -2.09. The number of aromatic carboxylic acids is 1. The van der Waals surface area contributed by atoms with Crippen molar-refractivity contribution < 1.29 is 14.6 Å². The molecule has 92 valence electrons. The van der Waals surface area contributed by atoms with Crippen LogP contribution >= 0.6 is 27.7 Å². The molecule has 1 unspecified atom stereocenters. The van der Waals surface area contributed by atoms with E-state index in [4.69, 9.17) is 9.84 Å². The van der Waals surface area contributed by atoms with Gasteiger partial charge >= 0.3 is 5.97 Å². The van der Waals surface area contributed by atoms with Gasteiger partial charge in [0, 0.05) is 23.0 Å². The normalized spacial score (nSPS) is 19.5. The Bertz CT molecular complexity index is 421. The Kier molecular flexibility index (Phi) is 4.42. The van der Waals surface area contributed by atoms with E-state index in [-0.39, 0.29) is 11.7 Å². The van der Waals surface area contributed by atoms with Crippen LogP contribution in [-0.4, -0.2) is 34.5 Å². The van der Waals surface area contributed by atoms with Gasteiger partial charge in [-0.15, -0.1) is 11.8 Å². The van der Waals surface area contributed by atoms with E-state index in [1.807, 2.05) is 0 Å². The fourth-order valence-corrected chi connectivity index (χ4v) is 3.01. The van der Waals surface area contributed by atoms with E-state index in [2.05, 4.69) is 20.9 Å². The predicted molar refractivity (Wildman–Crippen MR) is 68.6 cm³/mol. The van der Waals surface area contributed by atoms with E-state index in [1.165, 1.54) is 11.8 Å². The molecule has 0 bridgehead atoms. The maximum Gasteiger partial charge on any atom is 0.338 e. The summed E-state index contributed by atoms with van der Waals surface area (Å²) in [5.74, 6) is -0.191. The van der Waals surface area contributed by atoms with Gasteiger partial charge in [0.05, 0.1) is 11.7 Å². The van der Waals surface area contributed by atoms with Crippen LogP contribution in [0.15, 0.2) is 21.8 Å². The number of aromatic nitrogens is 1. The number of ether oxygens (including phenoxy) is 1. The Balaban J connectivity index is 2.06. The molecule has 17 heavy (non-hydrogen) atoms. The first-order valence-corrected chi connectivity index (χ1v) is 7.08. The van der Waals surface area contributed by atoms with Crippen LogP contribution in [0.2, 0.25) is 0 Å². The molecule has 1 fully saturated rings. The van der Waals surface area contributed by atoms with Crippen molar-refractivity contribution in [1.29, 1.82) is 0 Å². The summed E-state index contributed by atoms with van der Waals surface area (Å²) in [6.07, 6.45) is 3.98. The van der Waals surface area contributed by atoms with E-state index < -0.39 is 5.97 Å². The number of carboxylic acid groups (broad SMARTS) is 1. The molecule has 0 radical (unpaired) electrons. The van der Waals surface area contributed by atoms with Gasteiger partial charge in [-0.25, -0.2) is 9.78 Å². The summed E-state index contributed by atoms with van der Waals surface area (Å²) in [6.45, 7) is 0.810. The van der Waals surface area contributed by atoms with Gasteiger partial charge in [0.2, 0.25) is 0 Å². The highest BCUT2D eigenvalue weighted by Crippen LogP contribution is 2.26. The molecule has 0 amide bonds. The highest BCUT2D eigenvalue weighted by molar-refractivity contribution is 9.10. The number of thioether (sulfide) groups is 1. The molecule has 1 aliphatic rings. The zero-order chi connectivity index (χ0) is 12.3. The van der Waals surface area contributed by atoms with Crippen molar-refractivity contribution in [3.63, 3.8) is 0 Å². The van der Waals surface area contributed by atoms with Crippen molar-refractivity contribution >= 4 is 33.7 Å². The van der Waals surface area contributed by atoms with E-state index >= 15 is 0 Å². The summed E-state index contributed by atoms with van der Waals surface area (Å²) < 4.78 is 6.17. The number of carboxylic acids is 1. The van der Waals surface area contributed by atoms with E-state index in [1.54, 1.807) is 12.3 Å². The Morgan fingerprint density at radius 1 is 1.71 bits per heavy atom. The lowest BCUT2D eigenvalue weighted by Gasteiger charge is -2.09. The van der Waals surface area contributed by atoms with Crippen LogP contribution in [0.1, 0.15) is 23.2 Å². The van der Waals surface area contributed by atoms with E-state index in [0.717, 1.165) is 25.2 Å². The van der Waals surface area contributed by atoms with Crippen LogP contribution in [0.5, 0.6) is 0 Å². The minimum Gasteiger partial charge on any atom is -0.478 e. The lowest BCUT2D eigenvalue weighted by atomic mass is 10.3. The minimum atomic E-state index is -0.950. The molecule has 0 aliphatic carbocycles. The van der Waals surface area contributed by atoms with Gasteiger partial charge in [0.25, 0.3) is 0 Å². The van der Waals surface area contributed by atoms with Crippen molar-refractivity contribution in [2.75, 3.05) is 12.4 Å². The number of hydrogen-bond acceptors (Lipinski definition) is 4. The molecular weight excluding hydrogens is 306 g/mol. The largest absolute Gasteiger partial charge is 0.478 e. The molecule has 1 aromatic rings. The SMILES string of the molecule is O=C(O)c1cc(Br)cnc1SCC1CCCO1. The van der Waals surface area contributed by atoms with Gasteiger partial charge < -0.3 is 9.84 Å². The number of carbonyl (C=O) groups is 1. The molecule has 1 atom stereocenters. The molecule has 1 aliphatic heterocycles. The Hall–Kier alpha value is -0.590. The van der Waals surface area contributed by atoms with Gasteiger partial charge in [-0.2, -0.15) is 0 Å². The summed E-state index contributed by atoms with van der Waals surface area (Å²) >= 11 is 4.67. The van der Waals surface area contributed by atoms with Crippen molar-refractivity contribution in [1.82, 2.24) is 4.98 Å². The standard InChI is InChI=1S/C11H12BrNO3S/c12-7-4-9(11(14)15)10(13-5-7)17-6-8-2-1-3-16-8/h4-5,8H,1-3,6H2,(H,14,15). The zero-order valence-corrected chi connectivity index (χ0v) is 11.5. The van der Waals surface area contributed by atoms with Gasteiger partial charge in [-0.05, 0) is 34.8 Å². The third kappa shape index (κ3) is 3.43. The van der Waals surface area contributed by atoms with Gasteiger partial charge in [-0.1, -0.05) is 0 Å². The molecular formula is C11H12BrNO3S. The maximum atomic E-state index is 11.1. The smallest absolute Gasteiger partial charge is 0.338 e. The molecule has 0 aromatic carbocycles. The number of rotatable bonds is 4. The highest BCUT2D eigenvalue weighted by Gasteiger charge is 2.18. The topological polar surface area (TPSA) is 59.4 Å². The third-order valence-corrected chi connectivity index (χ3v) is 4.05. The van der Waals surface area contributed by atoms with Gasteiger partial charge in [-0.3, -0.25) is 0 Å². The van der Waals surface area contributed by atoms with Crippen LogP contribution in [0.25, 0.3) is 0 Å². The third-order valence-electron chi connectivity index (χ3n) is 2.48. The summed E-state index contributed by atoms with van der Waals surface area (Å²) in [4.78, 5) is 15.2. The van der Waals surface area contributed by atoms with Crippen molar-refractivity contribution in [3.8, 4) is 0 Å². The van der Waals surface area contributed by atoms with Crippen LogP contribution in [-0.2, 0) is 4.74 Å². The fourth-order valence-electron chi connectivity index (χ4n) is 1.64. The molecule has 2 rings (SSSR count). The Morgan fingerprint density at radius 3 is 3.18 bits per heavy atom. The summed E-state index contributed by atoms with van der Waals surface area (Å²) in [7, 11) is 0. The van der Waals surface area contributed by atoms with Gasteiger partial charge in [0.15, 0.2) is 0 Å². The van der Waals surface area contributed by atoms with Crippen LogP contribution in [0.3, 0.4) is 0 Å². The molecule has 6 heteroatoms. The first-order chi connectivity index (χ1) is 8.16. The molecule has 1 N–H and O–H groups in total. The quantitative estimate of drug-likeness (QED) is 0.865. The molecule has 0 spiro atoms. The second kappa shape index (κ2) is 5.84. The predicted octanol–water partition coefficient (Wildman–Crippen LogP) is 2.81. The lowest BCUT2D eigenvalue weighted by molar-refractivity contribution is 0.0692. The Labute approximate surface area is 112 Å². The average molecular weight is 318 g/mol. The van der Waals surface area contributed by atoms with Crippen molar-refractivity contribution in [2.45, 2.75) is 24.0 Å². The van der Waals surface area contributed by atoms with Crippen molar-refractivity contribution in [2.24, 2.45) is 0 Å². The number of halogens is 1. The van der Waals surface area contributed by atoms with Crippen LogP contribution in [0, 0.1) is 0 Å². The first-order valence-electron chi connectivity index (χ1n) is 5.30.